The predicted molar refractivity (Wildman–Crippen MR) is 52.8 cm³/mol. The summed E-state index contributed by atoms with van der Waals surface area (Å²) in [5.74, 6) is -1.52. The molecular weight excluding hydrogens is 251 g/mol. The lowest BCUT2D eigenvalue weighted by Crippen LogP contribution is -2.31. The average Bonchev–Trinajstić information content (AvgIpc) is 2.62. The average molecular weight is 259 g/mol. The van der Waals surface area contributed by atoms with E-state index in [4.69, 9.17) is 10.4 Å². The van der Waals surface area contributed by atoms with E-state index in [1.165, 1.54) is 6.07 Å². The molecule has 1 aliphatic rings. The van der Waals surface area contributed by atoms with Crippen LogP contribution in [-0.4, -0.2) is 22.2 Å². The van der Waals surface area contributed by atoms with Crippen molar-refractivity contribution < 1.29 is 23.1 Å². The van der Waals surface area contributed by atoms with Gasteiger partial charge in [-0.05, 0) is 0 Å². The number of rotatable bonds is 1. The van der Waals surface area contributed by atoms with Crippen molar-refractivity contribution in [3.8, 4) is 6.07 Å². The van der Waals surface area contributed by atoms with Gasteiger partial charge in [0, 0.05) is 25.3 Å². The van der Waals surface area contributed by atoms with Crippen LogP contribution in [0.5, 0.6) is 0 Å². The highest BCUT2D eigenvalue weighted by atomic mass is 19.4. The minimum Gasteiger partial charge on any atom is -0.478 e. The lowest BCUT2D eigenvalue weighted by molar-refractivity contribution is -0.144. The summed E-state index contributed by atoms with van der Waals surface area (Å²) in [5.41, 5.74) is -2.54. The van der Waals surface area contributed by atoms with E-state index in [1.54, 1.807) is 0 Å². The normalized spacial score (nSPS) is 15.0. The van der Waals surface area contributed by atoms with E-state index in [-0.39, 0.29) is 18.8 Å². The van der Waals surface area contributed by atoms with Crippen molar-refractivity contribution in [3.05, 3.63) is 22.5 Å². The quantitative estimate of drug-likeness (QED) is 0.793. The van der Waals surface area contributed by atoms with Crippen LogP contribution >= 0.6 is 0 Å². The Hall–Kier alpha value is -2.01. The van der Waals surface area contributed by atoms with Gasteiger partial charge in [0.25, 0.3) is 0 Å². The third-order valence-electron chi connectivity index (χ3n) is 2.77. The van der Waals surface area contributed by atoms with E-state index in [1.807, 2.05) is 0 Å². The monoisotopic (exact) mass is 259 g/mol. The van der Waals surface area contributed by atoms with E-state index in [2.05, 4.69) is 5.32 Å². The Morgan fingerprint density at radius 1 is 1.50 bits per heavy atom. The first-order chi connectivity index (χ1) is 8.38. The number of nitrogens with zero attached hydrogens (tertiary/aromatic N) is 2. The zero-order chi connectivity index (χ0) is 13.5. The first-order valence-corrected chi connectivity index (χ1v) is 5.04. The number of halogens is 3. The van der Waals surface area contributed by atoms with Gasteiger partial charge >= 0.3 is 12.1 Å². The molecule has 0 fully saturated rings. The van der Waals surface area contributed by atoms with Gasteiger partial charge < -0.3 is 15.0 Å². The minimum absolute atomic E-state index is 0.00220. The lowest BCUT2D eigenvalue weighted by atomic mass is 10.1. The summed E-state index contributed by atoms with van der Waals surface area (Å²) in [6.07, 6.45) is -4.75. The van der Waals surface area contributed by atoms with E-state index < -0.39 is 29.0 Å². The van der Waals surface area contributed by atoms with Crippen LogP contribution < -0.4 is 5.32 Å². The Morgan fingerprint density at radius 2 is 2.17 bits per heavy atom. The lowest BCUT2D eigenvalue weighted by Gasteiger charge is -2.20. The van der Waals surface area contributed by atoms with Crippen molar-refractivity contribution in [2.75, 3.05) is 6.54 Å². The van der Waals surface area contributed by atoms with Crippen molar-refractivity contribution in [3.63, 3.8) is 0 Å². The molecule has 1 aliphatic heterocycles. The molecule has 1 aromatic rings. The SMILES string of the molecule is N#Cc1c(C(=O)O)c2n(c1C(F)(F)F)CCNC2. The van der Waals surface area contributed by atoms with Crippen molar-refractivity contribution >= 4 is 5.97 Å². The molecule has 0 radical (unpaired) electrons. The molecule has 8 heteroatoms. The summed E-state index contributed by atoms with van der Waals surface area (Å²) in [4.78, 5) is 11.0. The third-order valence-corrected chi connectivity index (χ3v) is 2.77. The Bertz CT molecular complexity index is 554. The zero-order valence-electron chi connectivity index (χ0n) is 9.01. The molecule has 0 saturated carbocycles. The minimum atomic E-state index is -4.75. The molecule has 2 heterocycles. The summed E-state index contributed by atoms with van der Waals surface area (Å²) in [7, 11) is 0. The fraction of sp³-hybridized carbons (Fsp3) is 0.400. The highest BCUT2D eigenvalue weighted by Crippen LogP contribution is 2.37. The second kappa shape index (κ2) is 4.03. The molecule has 96 valence electrons. The fourth-order valence-electron chi connectivity index (χ4n) is 2.13. The molecule has 0 unspecified atom stereocenters. The van der Waals surface area contributed by atoms with Gasteiger partial charge in [-0.2, -0.15) is 18.4 Å². The summed E-state index contributed by atoms with van der Waals surface area (Å²) in [6.45, 7) is 0.299. The Kier molecular flexibility index (Phi) is 2.78. The van der Waals surface area contributed by atoms with Gasteiger partial charge in [0.05, 0.1) is 5.56 Å². The van der Waals surface area contributed by atoms with Gasteiger partial charge in [-0.15, -0.1) is 0 Å². The van der Waals surface area contributed by atoms with E-state index in [0.717, 1.165) is 4.57 Å². The van der Waals surface area contributed by atoms with Gasteiger partial charge in [-0.3, -0.25) is 0 Å². The maximum atomic E-state index is 12.9. The number of carboxylic acids is 1. The van der Waals surface area contributed by atoms with E-state index in [9.17, 15) is 18.0 Å². The number of hydrogen-bond acceptors (Lipinski definition) is 3. The summed E-state index contributed by atoms with van der Waals surface area (Å²) in [6, 6.07) is 1.36. The van der Waals surface area contributed by atoms with Gasteiger partial charge in [-0.1, -0.05) is 0 Å². The Morgan fingerprint density at radius 3 is 2.67 bits per heavy atom. The van der Waals surface area contributed by atoms with Crippen LogP contribution in [0.4, 0.5) is 13.2 Å². The fourth-order valence-corrected chi connectivity index (χ4v) is 2.13. The smallest absolute Gasteiger partial charge is 0.432 e. The van der Waals surface area contributed by atoms with Crippen molar-refractivity contribution in [2.45, 2.75) is 19.3 Å². The number of alkyl halides is 3. The van der Waals surface area contributed by atoms with Crippen LogP contribution in [0, 0.1) is 11.3 Å². The molecule has 5 nitrogen and oxygen atoms in total. The number of aromatic carboxylic acids is 1. The van der Waals surface area contributed by atoms with Crippen molar-refractivity contribution in [1.82, 2.24) is 9.88 Å². The standard InChI is InChI=1S/C10H8F3N3O2/c11-10(12,13)8-5(3-14)7(9(17)18)6-4-15-1-2-16(6)8/h15H,1-2,4H2,(H,17,18). The highest BCUT2D eigenvalue weighted by molar-refractivity contribution is 5.93. The van der Waals surface area contributed by atoms with Gasteiger partial charge in [0.2, 0.25) is 0 Å². The maximum absolute atomic E-state index is 12.9. The molecule has 2 N–H and O–H groups in total. The van der Waals surface area contributed by atoms with E-state index >= 15 is 0 Å². The number of nitrogens with one attached hydrogen (secondary N) is 1. The number of nitriles is 1. The van der Waals surface area contributed by atoms with Gasteiger partial charge in [0.15, 0.2) is 0 Å². The number of carboxylic acid groups (broad SMARTS) is 1. The molecule has 0 bridgehead atoms. The highest BCUT2D eigenvalue weighted by Gasteiger charge is 2.42. The molecule has 0 aromatic carbocycles. The molecule has 0 atom stereocenters. The molecular formula is C10H8F3N3O2. The number of carbonyl (C=O) groups is 1. The van der Waals surface area contributed by atoms with Crippen molar-refractivity contribution in [2.24, 2.45) is 0 Å². The van der Waals surface area contributed by atoms with Crippen LogP contribution in [0.1, 0.15) is 27.3 Å². The van der Waals surface area contributed by atoms with Crippen LogP contribution in [0.25, 0.3) is 0 Å². The first-order valence-electron chi connectivity index (χ1n) is 5.04. The van der Waals surface area contributed by atoms with Crippen LogP contribution in [-0.2, 0) is 19.3 Å². The van der Waals surface area contributed by atoms with Crippen molar-refractivity contribution in [1.29, 1.82) is 5.26 Å². The molecule has 0 aliphatic carbocycles. The summed E-state index contributed by atoms with van der Waals surface area (Å²) >= 11 is 0. The van der Waals surface area contributed by atoms with Gasteiger partial charge in [0.1, 0.15) is 17.3 Å². The van der Waals surface area contributed by atoms with Crippen LogP contribution in [0.15, 0.2) is 0 Å². The summed E-state index contributed by atoms with van der Waals surface area (Å²) < 4.78 is 39.6. The third kappa shape index (κ3) is 1.73. The Balaban J connectivity index is 2.81. The number of aromatic nitrogens is 1. The summed E-state index contributed by atoms with van der Waals surface area (Å²) in [5, 5.41) is 20.6. The van der Waals surface area contributed by atoms with E-state index in [0.29, 0.717) is 6.54 Å². The van der Waals surface area contributed by atoms with Crippen LogP contribution in [0.2, 0.25) is 0 Å². The topological polar surface area (TPSA) is 78.1 Å². The molecule has 18 heavy (non-hydrogen) atoms. The molecule has 0 amide bonds. The van der Waals surface area contributed by atoms with Crippen LogP contribution in [0.3, 0.4) is 0 Å². The predicted octanol–water partition coefficient (Wildman–Crippen LogP) is 1.18. The Labute approximate surface area is 99.4 Å². The molecule has 0 spiro atoms. The second-order valence-corrected chi connectivity index (χ2v) is 3.79. The maximum Gasteiger partial charge on any atom is 0.432 e. The second-order valence-electron chi connectivity index (χ2n) is 3.79. The molecule has 1 aromatic heterocycles. The number of fused-ring (bicyclic) bond motifs is 1. The molecule has 2 rings (SSSR count). The largest absolute Gasteiger partial charge is 0.478 e. The molecule has 0 saturated heterocycles. The number of hydrogen-bond donors (Lipinski definition) is 2. The van der Waals surface area contributed by atoms with Gasteiger partial charge in [-0.25, -0.2) is 4.79 Å². The first kappa shape index (κ1) is 12.4. The zero-order valence-corrected chi connectivity index (χ0v) is 9.01.